The summed E-state index contributed by atoms with van der Waals surface area (Å²) in [7, 11) is 0. The Morgan fingerprint density at radius 2 is 2.09 bits per heavy atom. The summed E-state index contributed by atoms with van der Waals surface area (Å²) in [6.07, 6.45) is 10.0. The lowest BCUT2D eigenvalue weighted by atomic mass is 9.71. The van der Waals surface area contributed by atoms with E-state index in [4.69, 9.17) is 5.73 Å². The monoisotopic (exact) mass is 342 g/mol. The van der Waals surface area contributed by atoms with Gasteiger partial charge in [0.15, 0.2) is 0 Å². The van der Waals surface area contributed by atoms with Gasteiger partial charge in [0.2, 0.25) is 5.91 Å². The number of fused-ring (bicyclic) bond motifs is 1. The fourth-order valence-corrected chi connectivity index (χ4v) is 4.96. The van der Waals surface area contributed by atoms with Gasteiger partial charge in [-0.25, -0.2) is 0 Å². The Kier molecular flexibility index (Phi) is 6.30. The van der Waals surface area contributed by atoms with Gasteiger partial charge in [0, 0.05) is 11.3 Å². The van der Waals surface area contributed by atoms with E-state index in [9.17, 15) is 4.79 Å². The fourth-order valence-electron chi connectivity index (χ4n) is 3.98. The van der Waals surface area contributed by atoms with E-state index in [1.54, 1.807) is 0 Å². The second-order valence-electron chi connectivity index (χ2n) is 6.75. The van der Waals surface area contributed by atoms with Crippen molar-refractivity contribution in [2.45, 2.75) is 63.8 Å². The van der Waals surface area contributed by atoms with Crippen LogP contribution in [0.1, 0.15) is 67.8 Å². The Morgan fingerprint density at radius 1 is 1.32 bits per heavy atom. The third-order valence-electron chi connectivity index (χ3n) is 5.27. The minimum absolute atomic E-state index is 0. The van der Waals surface area contributed by atoms with E-state index < -0.39 is 0 Å². The summed E-state index contributed by atoms with van der Waals surface area (Å²) < 4.78 is 0. The zero-order valence-electron chi connectivity index (χ0n) is 13.1. The Morgan fingerprint density at radius 3 is 2.82 bits per heavy atom. The third-order valence-corrected chi connectivity index (χ3v) is 6.27. The van der Waals surface area contributed by atoms with Crippen LogP contribution in [-0.4, -0.2) is 12.5 Å². The highest BCUT2D eigenvalue weighted by molar-refractivity contribution is 7.10. The molecule has 1 fully saturated rings. The van der Waals surface area contributed by atoms with Gasteiger partial charge in [0.25, 0.3) is 0 Å². The van der Waals surface area contributed by atoms with Crippen molar-refractivity contribution in [3.8, 4) is 0 Å². The lowest BCUT2D eigenvalue weighted by Crippen LogP contribution is -2.40. The molecule has 0 saturated heterocycles. The predicted molar refractivity (Wildman–Crippen MR) is 94.6 cm³/mol. The highest BCUT2D eigenvalue weighted by atomic mass is 35.5. The van der Waals surface area contributed by atoms with Crippen molar-refractivity contribution in [3.63, 3.8) is 0 Å². The number of carbonyl (C=O) groups excluding carboxylic acids is 1. The molecule has 3 rings (SSSR count). The molecule has 1 atom stereocenters. The van der Waals surface area contributed by atoms with Crippen LogP contribution in [0, 0.1) is 5.41 Å². The van der Waals surface area contributed by atoms with Crippen LogP contribution >= 0.6 is 23.7 Å². The summed E-state index contributed by atoms with van der Waals surface area (Å²) in [6.45, 7) is 0.648. The Hall–Kier alpha value is -0.580. The summed E-state index contributed by atoms with van der Waals surface area (Å²) in [5, 5.41) is 5.43. The molecule has 3 nitrogen and oxygen atoms in total. The molecule has 5 heteroatoms. The van der Waals surface area contributed by atoms with Crippen LogP contribution in [0.2, 0.25) is 0 Å². The molecule has 0 spiro atoms. The number of halogens is 1. The van der Waals surface area contributed by atoms with Gasteiger partial charge in [-0.05, 0) is 61.1 Å². The van der Waals surface area contributed by atoms with Gasteiger partial charge < -0.3 is 11.1 Å². The fraction of sp³-hybridized carbons (Fsp3) is 0.706. The molecule has 1 unspecified atom stereocenters. The average Bonchev–Trinajstić information content (AvgIpc) is 2.98. The minimum atomic E-state index is 0. The van der Waals surface area contributed by atoms with Crippen molar-refractivity contribution in [2.75, 3.05) is 6.54 Å². The van der Waals surface area contributed by atoms with E-state index in [1.807, 2.05) is 11.3 Å². The minimum Gasteiger partial charge on any atom is -0.349 e. The summed E-state index contributed by atoms with van der Waals surface area (Å²) in [6, 6.07) is 2.41. The number of thiophene rings is 1. The largest absolute Gasteiger partial charge is 0.349 e. The molecule has 0 bridgehead atoms. The van der Waals surface area contributed by atoms with Crippen LogP contribution in [0.4, 0.5) is 0 Å². The maximum Gasteiger partial charge on any atom is 0.221 e. The number of amides is 1. The van der Waals surface area contributed by atoms with Crippen LogP contribution in [0.3, 0.4) is 0 Å². The standard InChI is InChI=1S/C17H26N2OS.ClH/c18-12-17(8-2-1-3-9-17)11-16(20)19-14-5-4-6-15-13(14)7-10-21-15;/h7,10,14H,1-6,8-9,11-12,18H2,(H,19,20);1H. The highest BCUT2D eigenvalue weighted by Gasteiger charge is 2.34. The molecular weight excluding hydrogens is 316 g/mol. The number of nitrogens with one attached hydrogen (secondary N) is 1. The first-order valence-electron chi connectivity index (χ1n) is 8.28. The first-order chi connectivity index (χ1) is 10.2. The molecule has 0 aliphatic heterocycles. The summed E-state index contributed by atoms with van der Waals surface area (Å²) in [5.41, 5.74) is 7.42. The molecule has 1 aromatic heterocycles. The lowest BCUT2D eigenvalue weighted by Gasteiger charge is -2.36. The van der Waals surface area contributed by atoms with E-state index in [0.717, 1.165) is 19.3 Å². The zero-order valence-corrected chi connectivity index (χ0v) is 14.7. The Labute approximate surface area is 143 Å². The number of rotatable bonds is 4. The third kappa shape index (κ3) is 3.84. The van der Waals surface area contributed by atoms with E-state index >= 15 is 0 Å². The van der Waals surface area contributed by atoms with Gasteiger partial charge >= 0.3 is 0 Å². The van der Waals surface area contributed by atoms with Crippen LogP contribution in [0.25, 0.3) is 0 Å². The van der Waals surface area contributed by atoms with E-state index in [1.165, 1.54) is 42.5 Å². The van der Waals surface area contributed by atoms with Gasteiger partial charge in [-0.1, -0.05) is 19.3 Å². The molecule has 3 N–H and O–H groups in total. The number of carbonyl (C=O) groups is 1. The van der Waals surface area contributed by atoms with Crippen molar-refractivity contribution in [3.05, 3.63) is 21.9 Å². The smallest absolute Gasteiger partial charge is 0.221 e. The Balaban J connectivity index is 0.00000176. The van der Waals surface area contributed by atoms with Crippen molar-refractivity contribution in [1.82, 2.24) is 5.32 Å². The lowest BCUT2D eigenvalue weighted by molar-refractivity contribution is -0.124. The van der Waals surface area contributed by atoms with Gasteiger partial charge in [-0.2, -0.15) is 0 Å². The summed E-state index contributed by atoms with van der Waals surface area (Å²) >= 11 is 1.82. The van der Waals surface area contributed by atoms with Crippen LogP contribution in [-0.2, 0) is 11.2 Å². The highest BCUT2D eigenvalue weighted by Crippen LogP contribution is 2.39. The second kappa shape index (κ2) is 7.80. The first-order valence-corrected chi connectivity index (χ1v) is 9.16. The van der Waals surface area contributed by atoms with Crippen molar-refractivity contribution < 1.29 is 4.79 Å². The van der Waals surface area contributed by atoms with E-state index in [0.29, 0.717) is 13.0 Å². The molecule has 1 saturated carbocycles. The van der Waals surface area contributed by atoms with Crippen LogP contribution in [0.15, 0.2) is 11.4 Å². The average molecular weight is 343 g/mol. The quantitative estimate of drug-likeness (QED) is 0.870. The summed E-state index contributed by atoms with van der Waals surface area (Å²) in [4.78, 5) is 14.0. The van der Waals surface area contributed by atoms with Crippen molar-refractivity contribution in [1.29, 1.82) is 0 Å². The van der Waals surface area contributed by atoms with Gasteiger partial charge in [-0.3, -0.25) is 4.79 Å². The molecule has 0 aromatic carbocycles. The predicted octanol–water partition coefficient (Wildman–Crippen LogP) is 3.96. The molecule has 1 amide bonds. The molecule has 1 heterocycles. The van der Waals surface area contributed by atoms with Crippen molar-refractivity contribution >= 4 is 29.7 Å². The second-order valence-corrected chi connectivity index (χ2v) is 7.75. The number of nitrogens with two attached hydrogens (primary N) is 1. The molecule has 2 aliphatic carbocycles. The molecule has 0 radical (unpaired) electrons. The molecule has 124 valence electrons. The van der Waals surface area contributed by atoms with Gasteiger partial charge in [0.1, 0.15) is 0 Å². The van der Waals surface area contributed by atoms with E-state index in [2.05, 4.69) is 16.8 Å². The zero-order chi connectivity index (χ0) is 14.7. The van der Waals surface area contributed by atoms with Gasteiger partial charge in [-0.15, -0.1) is 23.7 Å². The maximum absolute atomic E-state index is 12.5. The number of aryl methyl sites for hydroxylation is 1. The number of hydrogen-bond acceptors (Lipinski definition) is 3. The molecule has 2 aliphatic rings. The molecular formula is C17H27ClN2OS. The summed E-state index contributed by atoms with van der Waals surface area (Å²) in [5.74, 6) is 0.200. The Bertz CT molecular complexity index is 497. The van der Waals surface area contributed by atoms with Crippen molar-refractivity contribution in [2.24, 2.45) is 11.1 Å². The normalized spacial score (nSPS) is 23.2. The van der Waals surface area contributed by atoms with Crippen LogP contribution < -0.4 is 11.1 Å². The van der Waals surface area contributed by atoms with Crippen LogP contribution in [0.5, 0.6) is 0 Å². The maximum atomic E-state index is 12.5. The molecule has 1 aromatic rings. The van der Waals surface area contributed by atoms with Gasteiger partial charge in [0.05, 0.1) is 6.04 Å². The first kappa shape index (κ1) is 17.8. The SMILES string of the molecule is Cl.NCC1(CC(=O)NC2CCCc3sccc32)CCCCC1. The number of hydrogen-bond donors (Lipinski definition) is 2. The topological polar surface area (TPSA) is 55.1 Å². The van der Waals surface area contributed by atoms with E-state index in [-0.39, 0.29) is 29.8 Å². The molecule has 22 heavy (non-hydrogen) atoms.